The van der Waals surface area contributed by atoms with Gasteiger partial charge in [-0.1, -0.05) is 31.9 Å². The molecule has 1 aliphatic heterocycles. The summed E-state index contributed by atoms with van der Waals surface area (Å²) < 4.78 is 5.30. The molecule has 1 aliphatic rings. The quantitative estimate of drug-likeness (QED) is 0.692. The molecule has 0 saturated carbocycles. The van der Waals surface area contributed by atoms with Crippen molar-refractivity contribution in [1.29, 1.82) is 0 Å². The van der Waals surface area contributed by atoms with E-state index in [1.54, 1.807) is 12.1 Å². The number of anilines is 2. The first kappa shape index (κ1) is 19.3. The van der Waals surface area contributed by atoms with Crippen LogP contribution in [0, 0.1) is 0 Å². The van der Waals surface area contributed by atoms with Crippen molar-refractivity contribution in [1.82, 2.24) is 15.5 Å². The average molecular weight is 368 g/mol. The maximum Gasteiger partial charge on any atom is 0.272 e. The van der Waals surface area contributed by atoms with Gasteiger partial charge in [-0.2, -0.15) is 0 Å². The molecule has 0 aliphatic carbocycles. The van der Waals surface area contributed by atoms with E-state index in [4.69, 9.17) is 4.74 Å². The zero-order chi connectivity index (χ0) is 18.9. The van der Waals surface area contributed by atoms with Gasteiger partial charge in [-0.25, -0.2) is 0 Å². The van der Waals surface area contributed by atoms with E-state index >= 15 is 0 Å². The van der Waals surface area contributed by atoms with Gasteiger partial charge in [-0.3, -0.25) is 4.79 Å². The van der Waals surface area contributed by atoms with Gasteiger partial charge in [0, 0.05) is 24.9 Å². The largest absolute Gasteiger partial charge is 0.381 e. The van der Waals surface area contributed by atoms with E-state index in [0.29, 0.717) is 24.7 Å². The van der Waals surface area contributed by atoms with Gasteiger partial charge in [0.15, 0.2) is 11.5 Å². The minimum atomic E-state index is -0.183. The molecule has 1 aromatic carbocycles. The Morgan fingerprint density at radius 3 is 2.52 bits per heavy atom. The number of hydrogen-bond donors (Lipinski definition) is 2. The maximum atomic E-state index is 12.3. The molecule has 1 amide bonds. The number of ether oxygens (including phenoxy) is 1. The first-order chi connectivity index (χ1) is 13.2. The lowest BCUT2D eigenvalue weighted by atomic mass is 10.1. The molecule has 6 heteroatoms. The lowest BCUT2D eigenvalue weighted by Gasteiger charge is -2.22. The first-order valence-electron chi connectivity index (χ1n) is 9.83. The van der Waals surface area contributed by atoms with Crippen LogP contribution in [0.15, 0.2) is 36.4 Å². The van der Waals surface area contributed by atoms with Crippen LogP contribution in [0.1, 0.15) is 55.1 Å². The molecule has 0 bridgehead atoms. The zero-order valence-corrected chi connectivity index (χ0v) is 15.9. The SMILES string of the molecule is CCCCCc1ccc(Nc2ccc(C(=O)NC3CCOCC3)nn2)cc1. The van der Waals surface area contributed by atoms with Crippen LogP contribution in [-0.2, 0) is 11.2 Å². The number of aryl methyl sites for hydroxylation is 1. The Labute approximate surface area is 160 Å². The van der Waals surface area contributed by atoms with Crippen LogP contribution >= 0.6 is 0 Å². The third-order valence-electron chi connectivity index (χ3n) is 4.75. The first-order valence-corrected chi connectivity index (χ1v) is 9.83. The van der Waals surface area contributed by atoms with Crippen molar-refractivity contribution in [2.24, 2.45) is 0 Å². The molecule has 0 atom stereocenters. The Morgan fingerprint density at radius 2 is 1.85 bits per heavy atom. The third-order valence-corrected chi connectivity index (χ3v) is 4.75. The van der Waals surface area contributed by atoms with Crippen molar-refractivity contribution in [3.05, 3.63) is 47.7 Å². The summed E-state index contributed by atoms with van der Waals surface area (Å²) in [6.45, 7) is 3.60. The van der Waals surface area contributed by atoms with Gasteiger partial charge in [-0.15, -0.1) is 10.2 Å². The minimum absolute atomic E-state index is 0.154. The predicted molar refractivity (Wildman–Crippen MR) is 106 cm³/mol. The van der Waals surface area contributed by atoms with Gasteiger partial charge in [0.1, 0.15) is 0 Å². The molecule has 0 spiro atoms. The number of unbranched alkanes of at least 4 members (excludes halogenated alkanes) is 2. The molecule has 1 aromatic heterocycles. The highest BCUT2D eigenvalue weighted by Crippen LogP contribution is 2.16. The van der Waals surface area contributed by atoms with Crippen molar-refractivity contribution >= 4 is 17.4 Å². The number of benzene rings is 1. The summed E-state index contributed by atoms with van der Waals surface area (Å²) in [6, 6.07) is 12.0. The Bertz CT molecular complexity index is 710. The van der Waals surface area contributed by atoms with Crippen molar-refractivity contribution in [3.63, 3.8) is 0 Å². The number of carbonyl (C=O) groups excluding carboxylic acids is 1. The van der Waals surface area contributed by atoms with E-state index in [-0.39, 0.29) is 11.9 Å². The normalized spacial score (nSPS) is 14.7. The molecule has 1 fully saturated rings. The van der Waals surface area contributed by atoms with Crippen molar-refractivity contribution < 1.29 is 9.53 Å². The lowest BCUT2D eigenvalue weighted by Crippen LogP contribution is -2.39. The minimum Gasteiger partial charge on any atom is -0.381 e. The molecule has 27 heavy (non-hydrogen) atoms. The van der Waals surface area contributed by atoms with E-state index in [0.717, 1.165) is 24.9 Å². The van der Waals surface area contributed by atoms with Crippen molar-refractivity contribution in [2.45, 2.75) is 51.5 Å². The Hall–Kier alpha value is -2.47. The van der Waals surface area contributed by atoms with E-state index in [9.17, 15) is 4.79 Å². The van der Waals surface area contributed by atoms with Gasteiger partial charge >= 0.3 is 0 Å². The third kappa shape index (κ3) is 6.03. The topological polar surface area (TPSA) is 76.1 Å². The highest BCUT2D eigenvalue weighted by Gasteiger charge is 2.18. The molecule has 2 heterocycles. The standard InChI is InChI=1S/C21H28N4O2/c1-2-3-4-5-16-6-8-17(9-7-16)22-20-11-10-19(24-25-20)21(26)23-18-12-14-27-15-13-18/h6-11,18H,2-5,12-15H2,1H3,(H,22,25)(H,23,26). The smallest absolute Gasteiger partial charge is 0.272 e. The zero-order valence-electron chi connectivity index (χ0n) is 15.9. The summed E-state index contributed by atoms with van der Waals surface area (Å²) in [4.78, 5) is 12.3. The number of nitrogens with one attached hydrogen (secondary N) is 2. The Morgan fingerprint density at radius 1 is 1.07 bits per heavy atom. The van der Waals surface area contributed by atoms with E-state index in [1.165, 1.54) is 24.8 Å². The number of carbonyl (C=O) groups is 1. The van der Waals surface area contributed by atoms with Crippen LogP contribution in [0.2, 0.25) is 0 Å². The monoisotopic (exact) mass is 368 g/mol. The molecule has 0 radical (unpaired) electrons. The number of nitrogens with zero attached hydrogens (tertiary/aromatic N) is 2. The van der Waals surface area contributed by atoms with Crippen LogP contribution in [0.3, 0.4) is 0 Å². The number of rotatable bonds is 8. The van der Waals surface area contributed by atoms with Crippen LogP contribution < -0.4 is 10.6 Å². The van der Waals surface area contributed by atoms with Gasteiger partial charge in [-0.05, 0) is 55.5 Å². The number of amides is 1. The molecular weight excluding hydrogens is 340 g/mol. The molecule has 1 saturated heterocycles. The average Bonchev–Trinajstić information content (AvgIpc) is 2.71. The van der Waals surface area contributed by atoms with Gasteiger partial charge in [0.25, 0.3) is 5.91 Å². The second-order valence-electron chi connectivity index (χ2n) is 6.94. The second-order valence-corrected chi connectivity index (χ2v) is 6.94. The molecule has 6 nitrogen and oxygen atoms in total. The molecule has 0 unspecified atom stereocenters. The Balaban J connectivity index is 1.51. The summed E-state index contributed by atoms with van der Waals surface area (Å²) in [7, 11) is 0. The fourth-order valence-electron chi connectivity index (χ4n) is 3.10. The van der Waals surface area contributed by atoms with Gasteiger partial charge < -0.3 is 15.4 Å². The summed E-state index contributed by atoms with van der Waals surface area (Å²) in [5.41, 5.74) is 2.64. The van der Waals surface area contributed by atoms with Crippen LogP contribution in [0.4, 0.5) is 11.5 Å². The van der Waals surface area contributed by atoms with E-state index in [2.05, 4.69) is 52.0 Å². The number of hydrogen-bond acceptors (Lipinski definition) is 5. The van der Waals surface area contributed by atoms with Gasteiger partial charge in [0.05, 0.1) is 0 Å². The number of aromatic nitrogens is 2. The van der Waals surface area contributed by atoms with Gasteiger partial charge in [0.2, 0.25) is 0 Å². The fourth-order valence-corrected chi connectivity index (χ4v) is 3.10. The molecule has 2 N–H and O–H groups in total. The van der Waals surface area contributed by atoms with Crippen LogP contribution in [0.25, 0.3) is 0 Å². The lowest BCUT2D eigenvalue weighted by molar-refractivity contribution is 0.0693. The highest BCUT2D eigenvalue weighted by atomic mass is 16.5. The van der Waals surface area contributed by atoms with E-state index < -0.39 is 0 Å². The maximum absolute atomic E-state index is 12.3. The molecule has 3 rings (SSSR count). The molecule has 144 valence electrons. The van der Waals surface area contributed by atoms with Crippen LogP contribution in [0.5, 0.6) is 0 Å². The summed E-state index contributed by atoms with van der Waals surface area (Å²) in [5, 5.41) is 14.4. The fraction of sp³-hybridized carbons (Fsp3) is 0.476. The summed E-state index contributed by atoms with van der Waals surface area (Å²) in [5.74, 6) is 0.439. The highest BCUT2D eigenvalue weighted by molar-refractivity contribution is 5.92. The second kappa shape index (κ2) is 10.0. The molecular formula is C21H28N4O2. The molecule has 2 aromatic rings. The van der Waals surface area contributed by atoms with E-state index in [1.807, 2.05) is 0 Å². The van der Waals surface area contributed by atoms with Crippen molar-refractivity contribution in [3.8, 4) is 0 Å². The van der Waals surface area contributed by atoms with Crippen LogP contribution in [-0.4, -0.2) is 35.4 Å². The summed E-state index contributed by atoms with van der Waals surface area (Å²) >= 11 is 0. The summed E-state index contributed by atoms with van der Waals surface area (Å²) in [6.07, 6.45) is 6.53. The van der Waals surface area contributed by atoms with Crippen molar-refractivity contribution in [2.75, 3.05) is 18.5 Å². The predicted octanol–water partition coefficient (Wildman–Crippen LogP) is 3.86. The Kier molecular flexibility index (Phi) is 7.16.